The minimum Gasteiger partial charge on any atom is -0.444 e. The molecule has 0 spiro atoms. The lowest BCUT2D eigenvalue weighted by Gasteiger charge is -2.23. The fourth-order valence-electron chi connectivity index (χ4n) is 2.12. The van der Waals surface area contributed by atoms with Gasteiger partial charge in [0.25, 0.3) is 0 Å². The van der Waals surface area contributed by atoms with Crippen molar-refractivity contribution < 1.29 is 9.53 Å². The average Bonchev–Trinajstić information content (AvgIpc) is 2.46. The summed E-state index contributed by atoms with van der Waals surface area (Å²) in [6.45, 7) is 5.53. The number of alkyl carbamates (subject to hydrolysis) is 1. The van der Waals surface area contributed by atoms with Crippen LogP contribution >= 0.6 is 15.9 Å². The minimum atomic E-state index is -0.533. The van der Waals surface area contributed by atoms with E-state index in [1.165, 1.54) is 0 Å². The first-order valence-corrected chi connectivity index (χ1v) is 8.28. The summed E-state index contributed by atoms with van der Waals surface area (Å²) in [7, 11) is 0. The van der Waals surface area contributed by atoms with Crippen LogP contribution in [0.4, 0.5) is 4.79 Å². The smallest absolute Gasteiger partial charge is 0.408 e. The van der Waals surface area contributed by atoms with Gasteiger partial charge in [0, 0.05) is 10.7 Å². The van der Waals surface area contributed by atoms with E-state index in [1.54, 1.807) is 6.20 Å². The molecule has 1 aromatic heterocycles. The van der Waals surface area contributed by atoms with Gasteiger partial charge in [-0.05, 0) is 60.8 Å². The molecule has 1 unspecified atom stereocenters. The van der Waals surface area contributed by atoms with Crippen molar-refractivity contribution in [2.24, 2.45) is 0 Å². The first-order chi connectivity index (χ1) is 10.8. The van der Waals surface area contributed by atoms with Crippen LogP contribution in [0.1, 0.15) is 38.1 Å². The van der Waals surface area contributed by atoms with Gasteiger partial charge in [-0.1, -0.05) is 30.3 Å². The lowest BCUT2D eigenvalue weighted by molar-refractivity contribution is 0.0502. The van der Waals surface area contributed by atoms with Crippen molar-refractivity contribution in [1.29, 1.82) is 0 Å². The summed E-state index contributed by atoms with van der Waals surface area (Å²) in [5, 5.41) is 2.92. The molecule has 0 radical (unpaired) electrons. The fourth-order valence-corrected chi connectivity index (χ4v) is 2.36. The molecule has 122 valence electrons. The summed E-state index contributed by atoms with van der Waals surface area (Å²) in [4.78, 5) is 16.5. The van der Waals surface area contributed by atoms with Crippen LogP contribution in [0.3, 0.4) is 0 Å². The first kappa shape index (κ1) is 17.5. The largest absolute Gasteiger partial charge is 0.444 e. The number of aromatic nitrogens is 1. The summed E-state index contributed by atoms with van der Waals surface area (Å²) < 4.78 is 6.26. The molecule has 5 heteroatoms. The number of carbonyl (C=O) groups excluding carboxylic acids is 1. The van der Waals surface area contributed by atoms with Crippen LogP contribution in [0.15, 0.2) is 53.1 Å². The van der Waals surface area contributed by atoms with Gasteiger partial charge in [0.15, 0.2) is 0 Å². The molecule has 0 bridgehead atoms. The number of halogens is 1. The number of nitrogens with zero attached hydrogens (tertiary/aromatic N) is 1. The van der Waals surface area contributed by atoms with Gasteiger partial charge in [-0.15, -0.1) is 0 Å². The third kappa shape index (κ3) is 6.02. The molecule has 4 nitrogen and oxygen atoms in total. The van der Waals surface area contributed by atoms with Crippen LogP contribution in [0.2, 0.25) is 0 Å². The van der Waals surface area contributed by atoms with Crippen LogP contribution in [0, 0.1) is 0 Å². The highest BCUT2D eigenvalue weighted by Crippen LogP contribution is 2.19. The number of hydrogen-bond acceptors (Lipinski definition) is 3. The molecular weight excluding hydrogens is 356 g/mol. The predicted molar refractivity (Wildman–Crippen MR) is 94.2 cm³/mol. The van der Waals surface area contributed by atoms with E-state index >= 15 is 0 Å². The minimum absolute atomic E-state index is 0.250. The third-order valence-electron chi connectivity index (χ3n) is 3.08. The molecule has 1 aromatic carbocycles. The third-order valence-corrected chi connectivity index (χ3v) is 3.55. The maximum absolute atomic E-state index is 12.1. The summed E-state index contributed by atoms with van der Waals surface area (Å²) in [6.07, 6.45) is 1.93. The van der Waals surface area contributed by atoms with Crippen molar-refractivity contribution >= 4 is 22.0 Å². The van der Waals surface area contributed by atoms with Crippen LogP contribution < -0.4 is 5.32 Å². The van der Waals surface area contributed by atoms with E-state index in [9.17, 15) is 4.79 Å². The predicted octanol–water partition coefficient (Wildman–Crippen LogP) is 4.65. The number of carbonyl (C=O) groups is 1. The summed E-state index contributed by atoms with van der Waals surface area (Å²) >= 11 is 3.38. The number of nitrogens with one attached hydrogen (secondary N) is 1. The van der Waals surface area contributed by atoms with Gasteiger partial charge in [0.2, 0.25) is 0 Å². The monoisotopic (exact) mass is 376 g/mol. The second-order valence-electron chi connectivity index (χ2n) is 6.29. The van der Waals surface area contributed by atoms with E-state index in [0.29, 0.717) is 6.42 Å². The second-order valence-corrected chi connectivity index (χ2v) is 7.21. The van der Waals surface area contributed by atoms with Gasteiger partial charge in [0.05, 0.1) is 11.7 Å². The average molecular weight is 377 g/mol. The molecule has 2 rings (SSSR count). The van der Waals surface area contributed by atoms with Crippen LogP contribution in [-0.4, -0.2) is 16.7 Å². The van der Waals surface area contributed by atoms with Crippen LogP contribution in [0.5, 0.6) is 0 Å². The Balaban J connectivity index is 2.17. The molecule has 0 aliphatic rings. The first-order valence-electron chi connectivity index (χ1n) is 7.48. The molecular formula is C18H21BrN2O2. The highest BCUT2D eigenvalue weighted by atomic mass is 79.9. The Morgan fingerprint density at radius 3 is 2.48 bits per heavy atom. The molecule has 0 saturated heterocycles. The molecule has 0 aliphatic carbocycles. The Morgan fingerprint density at radius 1 is 1.22 bits per heavy atom. The fraction of sp³-hybridized carbons (Fsp3) is 0.333. The van der Waals surface area contributed by atoms with Gasteiger partial charge < -0.3 is 10.1 Å². The molecule has 1 N–H and O–H groups in total. The van der Waals surface area contributed by atoms with E-state index in [-0.39, 0.29) is 6.04 Å². The molecule has 1 amide bonds. The van der Waals surface area contributed by atoms with Crippen LogP contribution in [0.25, 0.3) is 0 Å². The molecule has 1 heterocycles. The number of amides is 1. The van der Waals surface area contributed by atoms with Crippen molar-refractivity contribution in [1.82, 2.24) is 10.3 Å². The Labute approximate surface area is 145 Å². The molecule has 2 aromatic rings. The van der Waals surface area contributed by atoms with E-state index in [1.807, 2.05) is 63.2 Å². The molecule has 1 atom stereocenters. The summed E-state index contributed by atoms with van der Waals surface area (Å²) in [6, 6.07) is 13.6. The summed E-state index contributed by atoms with van der Waals surface area (Å²) in [5.41, 5.74) is 1.38. The zero-order valence-corrected chi connectivity index (χ0v) is 15.1. The zero-order valence-electron chi connectivity index (χ0n) is 13.5. The Kier molecular flexibility index (Phi) is 5.77. The zero-order chi connectivity index (χ0) is 16.9. The van der Waals surface area contributed by atoms with Gasteiger partial charge in [-0.2, -0.15) is 0 Å². The molecule has 0 aliphatic heterocycles. The highest BCUT2D eigenvalue weighted by molar-refractivity contribution is 9.10. The van der Waals surface area contributed by atoms with Gasteiger partial charge in [0.1, 0.15) is 5.60 Å². The quantitative estimate of drug-likeness (QED) is 0.844. The van der Waals surface area contributed by atoms with Crippen molar-refractivity contribution in [2.45, 2.75) is 38.8 Å². The number of benzene rings is 1. The van der Waals surface area contributed by atoms with E-state index in [0.717, 1.165) is 15.7 Å². The number of ether oxygens (including phenoxy) is 1. The number of rotatable bonds is 4. The van der Waals surface area contributed by atoms with E-state index in [4.69, 9.17) is 4.74 Å². The van der Waals surface area contributed by atoms with Gasteiger partial charge >= 0.3 is 6.09 Å². The Morgan fingerprint density at radius 2 is 1.91 bits per heavy atom. The van der Waals surface area contributed by atoms with Crippen molar-refractivity contribution in [3.8, 4) is 0 Å². The van der Waals surface area contributed by atoms with Crippen molar-refractivity contribution in [3.63, 3.8) is 0 Å². The number of pyridine rings is 1. The topological polar surface area (TPSA) is 51.2 Å². The van der Waals surface area contributed by atoms with E-state index < -0.39 is 11.7 Å². The van der Waals surface area contributed by atoms with Crippen LogP contribution in [-0.2, 0) is 11.2 Å². The van der Waals surface area contributed by atoms with Crippen molar-refractivity contribution in [3.05, 3.63) is 64.4 Å². The maximum Gasteiger partial charge on any atom is 0.408 e. The lowest BCUT2D eigenvalue weighted by atomic mass is 10.0. The van der Waals surface area contributed by atoms with Gasteiger partial charge in [-0.25, -0.2) is 4.79 Å². The van der Waals surface area contributed by atoms with Crippen molar-refractivity contribution in [2.75, 3.05) is 0 Å². The maximum atomic E-state index is 12.1. The Bertz CT molecular complexity index is 636. The lowest BCUT2D eigenvalue weighted by Crippen LogP contribution is -2.36. The summed E-state index contributed by atoms with van der Waals surface area (Å²) in [5.74, 6) is 0. The SMILES string of the molecule is CC(C)(C)OC(=O)NC(Cc1ccccc1)c1ccc(Br)cn1. The molecule has 0 fully saturated rings. The van der Waals surface area contributed by atoms with Gasteiger partial charge in [-0.3, -0.25) is 4.98 Å². The highest BCUT2D eigenvalue weighted by Gasteiger charge is 2.21. The molecule has 0 saturated carbocycles. The Hall–Kier alpha value is -1.88. The second kappa shape index (κ2) is 7.59. The normalized spacial score (nSPS) is 12.5. The van der Waals surface area contributed by atoms with E-state index in [2.05, 4.69) is 26.2 Å². The molecule has 23 heavy (non-hydrogen) atoms. The number of hydrogen-bond donors (Lipinski definition) is 1. The standard InChI is InChI=1S/C18H21BrN2O2/c1-18(2,3)23-17(22)21-16(11-13-7-5-4-6-8-13)15-10-9-14(19)12-20-15/h4-10,12,16H,11H2,1-3H3,(H,21,22).